The van der Waals surface area contributed by atoms with Crippen LogP contribution in [0.15, 0.2) is 29.2 Å². The molecule has 2 rings (SSSR count). The minimum absolute atomic E-state index is 0.0787. The van der Waals surface area contributed by atoms with Crippen LogP contribution in [0.25, 0.3) is 0 Å². The van der Waals surface area contributed by atoms with E-state index < -0.39 is 12.4 Å². The zero-order valence-electron chi connectivity index (χ0n) is 17.7. The highest BCUT2D eigenvalue weighted by Gasteiger charge is 2.14. The maximum Gasteiger partial charge on any atom is 0.335 e. The van der Waals surface area contributed by atoms with E-state index in [1.165, 1.54) is 5.56 Å². The Kier molecular flexibility index (Phi) is 10.7. The van der Waals surface area contributed by atoms with Gasteiger partial charge in [0.15, 0.2) is 0 Å². The topological polar surface area (TPSA) is 119 Å². The normalized spacial score (nSPS) is 14.1. The molecule has 0 aliphatic carbocycles. The number of carbonyl (C=O) groups is 1. The Labute approximate surface area is 181 Å². The Morgan fingerprint density at radius 2 is 2.13 bits per heavy atom. The van der Waals surface area contributed by atoms with E-state index in [4.69, 9.17) is 11.5 Å². The van der Waals surface area contributed by atoms with E-state index >= 15 is 0 Å². The van der Waals surface area contributed by atoms with Crippen LogP contribution >= 0.6 is 0 Å². The fourth-order valence-electron chi connectivity index (χ4n) is 3.32. The molecule has 0 fully saturated rings. The fraction of sp³-hybridized carbons (Fsp3) is 0.571. The standard InChI is InChI=1S/C21H32F2N6O2/c22-19(23)15-29(12-4-7-20(30)31-27-14-17(25)13-24)11-2-1-6-18-9-8-16-5-3-10-26-21(16)28-18/h8-9,13-14,19H,1-7,10-12,15,24-25H2,(H,26,28)/b17-13+,27-14+. The second-order valence-electron chi connectivity index (χ2n) is 7.46. The predicted molar refractivity (Wildman–Crippen MR) is 117 cm³/mol. The number of aromatic nitrogens is 1. The minimum Gasteiger partial charge on any atom is -0.403 e. The average Bonchev–Trinajstić information content (AvgIpc) is 2.75. The third kappa shape index (κ3) is 9.73. The Balaban J connectivity index is 1.68. The lowest BCUT2D eigenvalue weighted by Crippen LogP contribution is -2.31. The van der Waals surface area contributed by atoms with Crippen LogP contribution in [0.3, 0.4) is 0 Å². The van der Waals surface area contributed by atoms with Crippen molar-refractivity contribution in [2.45, 2.75) is 51.4 Å². The van der Waals surface area contributed by atoms with E-state index in [9.17, 15) is 13.6 Å². The molecule has 0 bridgehead atoms. The molecule has 0 saturated carbocycles. The summed E-state index contributed by atoms with van der Waals surface area (Å²) in [7, 11) is 0. The highest BCUT2D eigenvalue weighted by Crippen LogP contribution is 2.20. The Bertz CT molecular complexity index is 757. The number of halogens is 2. The van der Waals surface area contributed by atoms with Crippen LogP contribution < -0.4 is 16.8 Å². The van der Waals surface area contributed by atoms with E-state index in [0.717, 1.165) is 62.6 Å². The predicted octanol–water partition coefficient (Wildman–Crippen LogP) is 2.40. The zero-order chi connectivity index (χ0) is 22.5. The molecule has 1 aliphatic heterocycles. The van der Waals surface area contributed by atoms with Gasteiger partial charge in [-0.05, 0) is 63.2 Å². The summed E-state index contributed by atoms with van der Waals surface area (Å²) in [6, 6.07) is 4.17. The number of rotatable bonds is 13. The molecule has 0 amide bonds. The quantitative estimate of drug-likeness (QED) is 0.187. The van der Waals surface area contributed by atoms with Crippen LogP contribution in [-0.4, -0.2) is 54.7 Å². The van der Waals surface area contributed by atoms with Gasteiger partial charge in [0.25, 0.3) is 6.43 Å². The third-order valence-corrected chi connectivity index (χ3v) is 4.91. The van der Waals surface area contributed by atoms with E-state index in [2.05, 4.69) is 26.4 Å². The van der Waals surface area contributed by atoms with Crippen molar-refractivity contribution in [1.29, 1.82) is 0 Å². The van der Waals surface area contributed by atoms with Gasteiger partial charge in [0.05, 0.1) is 18.5 Å². The number of fused-ring (bicyclic) bond motifs is 1. The first-order valence-electron chi connectivity index (χ1n) is 10.6. The molecule has 0 atom stereocenters. The van der Waals surface area contributed by atoms with Gasteiger partial charge in [-0.25, -0.2) is 18.6 Å². The summed E-state index contributed by atoms with van der Waals surface area (Å²) < 4.78 is 25.8. The fourth-order valence-corrected chi connectivity index (χ4v) is 3.32. The third-order valence-electron chi connectivity index (χ3n) is 4.91. The van der Waals surface area contributed by atoms with Crippen molar-refractivity contribution in [2.24, 2.45) is 16.6 Å². The van der Waals surface area contributed by atoms with Gasteiger partial charge >= 0.3 is 5.97 Å². The maximum absolute atomic E-state index is 12.9. The average molecular weight is 439 g/mol. The number of nitrogens with zero attached hydrogens (tertiary/aromatic N) is 3. The largest absolute Gasteiger partial charge is 0.403 e. The van der Waals surface area contributed by atoms with Crippen LogP contribution in [0.2, 0.25) is 0 Å². The number of hydrogen-bond acceptors (Lipinski definition) is 8. The van der Waals surface area contributed by atoms with Crippen LogP contribution in [0.1, 0.15) is 43.4 Å². The molecule has 0 aromatic carbocycles. The summed E-state index contributed by atoms with van der Waals surface area (Å²) >= 11 is 0. The summed E-state index contributed by atoms with van der Waals surface area (Å²) in [5.41, 5.74) is 13.0. The molecular weight excluding hydrogens is 406 g/mol. The van der Waals surface area contributed by atoms with Crippen LogP contribution in [0, 0.1) is 0 Å². The first-order valence-corrected chi connectivity index (χ1v) is 10.6. The molecule has 5 N–H and O–H groups in total. The first kappa shape index (κ1) is 24.5. The summed E-state index contributed by atoms with van der Waals surface area (Å²) in [6.07, 6.45) is 4.93. The monoisotopic (exact) mass is 438 g/mol. The number of alkyl halides is 2. The first-order chi connectivity index (χ1) is 15.0. The summed E-state index contributed by atoms with van der Waals surface area (Å²) in [6.45, 7) is 1.56. The lowest BCUT2D eigenvalue weighted by atomic mass is 10.1. The lowest BCUT2D eigenvalue weighted by molar-refractivity contribution is -0.143. The molecule has 1 aromatic heterocycles. The molecule has 1 aromatic rings. The van der Waals surface area contributed by atoms with Gasteiger partial charge < -0.3 is 21.6 Å². The van der Waals surface area contributed by atoms with Gasteiger partial charge in [0.1, 0.15) is 5.82 Å². The van der Waals surface area contributed by atoms with Gasteiger partial charge in [0.2, 0.25) is 0 Å². The zero-order valence-corrected chi connectivity index (χ0v) is 17.7. The Morgan fingerprint density at radius 3 is 2.90 bits per heavy atom. The van der Waals surface area contributed by atoms with Gasteiger partial charge in [-0.15, -0.1) is 0 Å². The van der Waals surface area contributed by atoms with Crippen molar-refractivity contribution in [3.63, 3.8) is 0 Å². The molecule has 10 heteroatoms. The number of anilines is 1. The summed E-state index contributed by atoms with van der Waals surface area (Å²) in [4.78, 5) is 22.6. The van der Waals surface area contributed by atoms with Crippen LogP contribution in [0.5, 0.6) is 0 Å². The molecule has 8 nitrogen and oxygen atoms in total. The molecule has 0 saturated heterocycles. The van der Waals surface area contributed by atoms with E-state index in [-0.39, 0.29) is 18.7 Å². The highest BCUT2D eigenvalue weighted by molar-refractivity contribution is 5.77. The van der Waals surface area contributed by atoms with Gasteiger partial charge in [0, 0.05) is 24.9 Å². The number of nitrogens with one attached hydrogen (secondary N) is 1. The Hall–Kier alpha value is -2.75. The number of pyridine rings is 1. The number of aryl methyl sites for hydroxylation is 2. The second kappa shape index (κ2) is 13.5. The number of carbonyl (C=O) groups excluding carboxylic acids is 1. The smallest absolute Gasteiger partial charge is 0.335 e. The number of hydrogen-bond donors (Lipinski definition) is 3. The molecule has 31 heavy (non-hydrogen) atoms. The van der Waals surface area contributed by atoms with Crippen molar-refractivity contribution in [3.05, 3.63) is 35.3 Å². The maximum atomic E-state index is 12.9. The lowest BCUT2D eigenvalue weighted by Gasteiger charge is -2.21. The van der Waals surface area contributed by atoms with Crippen LogP contribution in [0.4, 0.5) is 14.6 Å². The van der Waals surface area contributed by atoms with Crippen molar-refractivity contribution >= 4 is 18.0 Å². The molecule has 172 valence electrons. The number of allylic oxidation sites excluding steroid dienone is 1. The summed E-state index contributed by atoms with van der Waals surface area (Å²) in [5, 5.41) is 6.74. The number of unbranched alkanes of at least 4 members (excludes halogenated alkanes) is 1. The van der Waals surface area contributed by atoms with Gasteiger partial charge in [-0.1, -0.05) is 11.2 Å². The van der Waals surface area contributed by atoms with E-state index in [1.54, 1.807) is 4.90 Å². The Morgan fingerprint density at radius 1 is 1.32 bits per heavy atom. The SMILES string of the molecule is N/C=C(N)\C=N\OC(=O)CCCN(CCCCc1ccc2c(n1)NCCC2)CC(F)F. The molecular formula is C21H32F2N6O2. The van der Waals surface area contributed by atoms with Crippen molar-refractivity contribution < 1.29 is 18.4 Å². The van der Waals surface area contributed by atoms with E-state index in [1.807, 2.05) is 6.07 Å². The molecule has 0 spiro atoms. The molecule has 1 aliphatic rings. The highest BCUT2D eigenvalue weighted by atomic mass is 19.3. The number of oxime groups is 1. The minimum atomic E-state index is -2.42. The van der Waals surface area contributed by atoms with Crippen molar-refractivity contribution in [1.82, 2.24) is 9.88 Å². The number of nitrogens with two attached hydrogens (primary N) is 2. The second-order valence-corrected chi connectivity index (χ2v) is 7.46. The van der Waals surface area contributed by atoms with Gasteiger partial charge in [-0.3, -0.25) is 4.90 Å². The van der Waals surface area contributed by atoms with E-state index in [0.29, 0.717) is 19.5 Å². The molecule has 2 heterocycles. The molecule has 0 radical (unpaired) electrons. The van der Waals surface area contributed by atoms with Gasteiger partial charge in [-0.2, -0.15) is 0 Å². The summed E-state index contributed by atoms with van der Waals surface area (Å²) in [5.74, 6) is 0.422. The molecule has 0 unspecified atom stereocenters. The van der Waals surface area contributed by atoms with Crippen LogP contribution in [-0.2, 0) is 22.5 Å². The van der Waals surface area contributed by atoms with Crippen molar-refractivity contribution in [3.8, 4) is 0 Å². The van der Waals surface area contributed by atoms with Crippen molar-refractivity contribution in [2.75, 3.05) is 31.5 Å².